The summed E-state index contributed by atoms with van der Waals surface area (Å²) in [6, 6.07) is 12.5. The number of thioether (sulfide) groups is 1. The second-order valence-electron chi connectivity index (χ2n) is 5.40. The van der Waals surface area contributed by atoms with Crippen LogP contribution in [0.15, 0.2) is 55.2 Å². The van der Waals surface area contributed by atoms with Gasteiger partial charge in [0, 0.05) is 43.8 Å². The molecule has 0 radical (unpaired) electrons. The van der Waals surface area contributed by atoms with Crippen molar-refractivity contribution in [2.24, 2.45) is 4.99 Å². The van der Waals surface area contributed by atoms with Crippen molar-refractivity contribution in [3.05, 3.63) is 56.5 Å². The van der Waals surface area contributed by atoms with Gasteiger partial charge in [0.25, 0.3) is 0 Å². The largest absolute Gasteiger partial charge is 0.496 e. The Labute approximate surface area is 163 Å². The monoisotopic (exact) mass is 468 g/mol. The predicted molar refractivity (Wildman–Crippen MR) is 108 cm³/mol. The van der Waals surface area contributed by atoms with Crippen molar-refractivity contribution >= 4 is 49.5 Å². The van der Waals surface area contributed by atoms with Crippen LogP contribution in [-0.4, -0.2) is 26.0 Å². The van der Waals surface area contributed by atoms with E-state index in [1.165, 1.54) is 10.5 Å². The van der Waals surface area contributed by atoms with Gasteiger partial charge in [-0.2, -0.15) is 0 Å². The molecule has 1 heterocycles. The fourth-order valence-electron chi connectivity index (χ4n) is 2.54. The smallest absolute Gasteiger partial charge is 0.129 e. The number of nitrogens with zero attached hydrogens (tertiary/aromatic N) is 1. The number of rotatable bonds is 5. The molecule has 0 bridgehead atoms. The molecular formula is C18H18Br2N2OS. The number of methoxy groups -OCH3 is 1. The van der Waals surface area contributed by atoms with Gasteiger partial charge >= 0.3 is 0 Å². The van der Waals surface area contributed by atoms with Gasteiger partial charge in [0.1, 0.15) is 11.6 Å². The van der Waals surface area contributed by atoms with Crippen LogP contribution in [0.3, 0.4) is 0 Å². The Hall–Kier alpha value is -0.980. The molecule has 24 heavy (non-hydrogen) atoms. The van der Waals surface area contributed by atoms with Crippen LogP contribution in [0.2, 0.25) is 0 Å². The molecule has 126 valence electrons. The zero-order valence-electron chi connectivity index (χ0n) is 13.3. The van der Waals surface area contributed by atoms with Crippen LogP contribution in [0.5, 0.6) is 5.75 Å². The first-order valence-electron chi connectivity index (χ1n) is 7.71. The summed E-state index contributed by atoms with van der Waals surface area (Å²) in [4.78, 5) is 5.86. The molecule has 6 heteroatoms. The standard InChI is InChI=1S/C18H18Br2N2OS/c1-23-16-5-3-13(19)9-12(16)11-24-17-6-4-14(20)10-15(17)18-21-7-2-8-22-18/h3-6,9-10H,2,7-8,11H2,1H3,(H,21,22). The van der Waals surface area contributed by atoms with Crippen LogP contribution in [-0.2, 0) is 5.75 Å². The lowest BCUT2D eigenvalue weighted by molar-refractivity contribution is 0.411. The number of amidine groups is 1. The van der Waals surface area contributed by atoms with Crippen LogP contribution < -0.4 is 10.1 Å². The van der Waals surface area contributed by atoms with E-state index in [1.807, 2.05) is 12.1 Å². The van der Waals surface area contributed by atoms with Gasteiger partial charge in [-0.1, -0.05) is 31.9 Å². The number of ether oxygens (including phenoxy) is 1. The maximum absolute atomic E-state index is 5.48. The Morgan fingerprint density at radius 1 is 1.17 bits per heavy atom. The molecule has 3 rings (SSSR count). The molecule has 0 saturated heterocycles. The van der Waals surface area contributed by atoms with Crippen molar-refractivity contribution in [2.75, 3.05) is 20.2 Å². The minimum Gasteiger partial charge on any atom is -0.496 e. The summed E-state index contributed by atoms with van der Waals surface area (Å²) in [6.07, 6.45) is 1.09. The van der Waals surface area contributed by atoms with Gasteiger partial charge < -0.3 is 10.1 Å². The van der Waals surface area contributed by atoms with Gasteiger partial charge in [-0.15, -0.1) is 11.8 Å². The highest BCUT2D eigenvalue weighted by Crippen LogP contribution is 2.33. The van der Waals surface area contributed by atoms with Gasteiger partial charge in [-0.25, -0.2) is 0 Å². The molecule has 2 aromatic carbocycles. The number of aliphatic imine (C=N–C) groups is 1. The minimum atomic E-state index is 0.838. The lowest BCUT2D eigenvalue weighted by Gasteiger charge is -2.18. The lowest BCUT2D eigenvalue weighted by Crippen LogP contribution is -2.30. The van der Waals surface area contributed by atoms with Gasteiger partial charge in [0.15, 0.2) is 0 Å². The van der Waals surface area contributed by atoms with Crippen molar-refractivity contribution < 1.29 is 4.74 Å². The van der Waals surface area contributed by atoms with E-state index in [1.54, 1.807) is 18.9 Å². The van der Waals surface area contributed by atoms with E-state index in [2.05, 4.69) is 66.4 Å². The van der Waals surface area contributed by atoms with E-state index in [-0.39, 0.29) is 0 Å². The quantitative estimate of drug-likeness (QED) is 0.607. The molecule has 0 fully saturated rings. The zero-order chi connectivity index (χ0) is 16.9. The first kappa shape index (κ1) is 17.8. The predicted octanol–water partition coefficient (Wildman–Crippen LogP) is 5.25. The highest BCUT2D eigenvalue weighted by Gasteiger charge is 2.14. The third kappa shape index (κ3) is 4.35. The summed E-state index contributed by atoms with van der Waals surface area (Å²) in [5, 5.41) is 3.42. The molecule has 0 amide bonds. The summed E-state index contributed by atoms with van der Waals surface area (Å²) in [6.45, 7) is 1.87. The molecule has 1 aliphatic rings. The summed E-state index contributed by atoms with van der Waals surface area (Å²) < 4.78 is 7.61. The number of hydrogen-bond donors (Lipinski definition) is 1. The molecule has 3 nitrogen and oxygen atoms in total. The normalized spacial score (nSPS) is 14.0. The van der Waals surface area contributed by atoms with Crippen molar-refractivity contribution in [2.45, 2.75) is 17.1 Å². The topological polar surface area (TPSA) is 33.6 Å². The molecule has 2 aromatic rings. The average molecular weight is 470 g/mol. The van der Waals surface area contributed by atoms with Crippen molar-refractivity contribution in [3.63, 3.8) is 0 Å². The Morgan fingerprint density at radius 2 is 1.96 bits per heavy atom. The number of nitrogens with one attached hydrogen (secondary N) is 1. The van der Waals surface area contributed by atoms with E-state index in [0.29, 0.717) is 0 Å². The number of halogens is 2. The molecule has 0 aliphatic carbocycles. The Balaban J connectivity index is 1.85. The van der Waals surface area contributed by atoms with Gasteiger partial charge in [0.05, 0.1) is 7.11 Å². The highest BCUT2D eigenvalue weighted by molar-refractivity contribution is 9.10. The Morgan fingerprint density at radius 3 is 2.71 bits per heavy atom. The maximum Gasteiger partial charge on any atom is 0.129 e. The van der Waals surface area contributed by atoms with Gasteiger partial charge in [-0.05, 0) is 42.8 Å². The molecule has 0 spiro atoms. The Bertz CT molecular complexity index is 765. The highest BCUT2D eigenvalue weighted by atomic mass is 79.9. The molecule has 0 unspecified atom stereocenters. The first-order chi connectivity index (χ1) is 11.7. The zero-order valence-corrected chi connectivity index (χ0v) is 17.3. The van der Waals surface area contributed by atoms with Crippen LogP contribution in [0.4, 0.5) is 0 Å². The third-order valence-electron chi connectivity index (χ3n) is 3.72. The molecule has 0 saturated carbocycles. The second kappa shape index (κ2) is 8.41. The van der Waals surface area contributed by atoms with Gasteiger partial charge in [-0.3, -0.25) is 4.99 Å². The van der Waals surface area contributed by atoms with Gasteiger partial charge in [0.2, 0.25) is 0 Å². The average Bonchev–Trinajstić information content (AvgIpc) is 2.61. The van der Waals surface area contributed by atoms with Crippen molar-refractivity contribution in [1.29, 1.82) is 0 Å². The van der Waals surface area contributed by atoms with Crippen LogP contribution in [0.25, 0.3) is 0 Å². The molecule has 1 N–H and O–H groups in total. The summed E-state index contributed by atoms with van der Waals surface area (Å²) >= 11 is 8.91. The lowest BCUT2D eigenvalue weighted by atomic mass is 10.2. The van der Waals surface area contributed by atoms with E-state index in [9.17, 15) is 0 Å². The second-order valence-corrected chi connectivity index (χ2v) is 8.24. The maximum atomic E-state index is 5.48. The van der Waals surface area contributed by atoms with Crippen molar-refractivity contribution in [3.8, 4) is 5.75 Å². The first-order valence-corrected chi connectivity index (χ1v) is 10.3. The van der Waals surface area contributed by atoms with E-state index in [0.717, 1.165) is 51.4 Å². The number of benzene rings is 2. The van der Waals surface area contributed by atoms with E-state index < -0.39 is 0 Å². The van der Waals surface area contributed by atoms with Crippen LogP contribution in [0, 0.1) is 0 Å². The van der Waals surface area contributed by atoms with E-state index >= 15 is 0 Å². The van der Waals surface area contributed by atoms with Crippen molar-refractivity contribution in [1.82, 2.24) is 5.32 Å². The summed E-state index contributed by atoms with van der Waals surface area (Å²) in [5.41, 5.74) is 2.33. The minimum absolute atomic E-state index is 0.838. The SMILES string of the molecule is COc1ccc(Br)cc1CSc1ccc(Br)cc1C1=NCCCN1. The Kier molecular flexibility index (Phi) is 6.25. The third-order valence-corrected chi connectivity index (χ3v) is 5.83. The molecule has 1 aliphatic heterocycles. The molecule has 0 atom stereocenters. The fraction of sp³-hybridized carbons (Fsp3) is 0.278. The van der Waals surface area contributed by atoms with Crippen LogP contribution >= 0.6 is 43.6 Å². The number of hydrogen-bond acceptors (Lipinski definition) is 4. The summed E-state index contributed by atoms with van der Waals surface area (Å²) in [5.74, 6) is 2.74. The molecular weight excluding hydrogens is 452 g/mol. The van der Waals surface area contributed by atoms with E-state index in [4.69, 9.17) is 4.74 Å². The summed E-state index contributed by atoms with van der Waals surface area (Å²) in [7, 11) is 1.71. The molecule has 0 aromatic heterocycles. The fourth-order valence-corrected chi connectivity index (χ4v) is 4.32. The van der Waals surface area contributed by atoms with Crippen LogP contribution in [0.1, 0.15) is 17.5 Å².